The van der Waals surface area contributed by atoms with Crippen molar-refractivity contribution < 1.29 is 69.3 Å². The third-order valence-corrected chi connectivity index (χ3v) is 12.3. The normalized spacial score (nSPS) is 10.7. The zero-order valence-corrected chi connectivity index (χ0v) is 54.7. The zero-order chi connectivity index (χ0) is 63.1. The van der Waals surface area contributed by atoms with Crippen molar-refractivity contribution in [2.45, 2.75) is 106 Å². The van der Waals surface area contributed by atoms with Crippen LogP contribution >= 0.6 is 47.0 Å². The summed E-state index contributed by atoms with van der Waals surface area (Å²) in [6, 6.07) is 0. The van der Waals surface area contributed by atoms with E-state index in [0.29, 0.717) is 62.3 Å². The van der Waals surface area contributed by atoms with Crippen LogP contribution in [0.2, 0.25) is 0 Å². The van der Waals surface area contributed by atoms with E-state index in [0.717, 1.165) is 103 Å². The van der Waals surface area contributed by atoms with E-state index in [1.54, 1.807) is 43.4 Å². The third-order valence-electron chi connectivity index (χ3n) is 8.16. The topological polar surface area (TPSA) is 339 Å². The van der Waals surface area contributed by atoms with E-state index in [1.807, 2.05) is 37.5 Å². The molecular weight excluding hydrogens is 1110 g/mol. The monoisotopic (exact) mass is 1230 g/mol. The molecule has 0 amide bonds. The minimum Gasteiger partial charge on any atom is -0.461 e. The van der Waals surface area contributed by atoms with E-state index in [-0.39, 0.29) is 51.1 Å². The lowest BCUT2D eigenvalue weighted by molar-refractivity contribution is -0.269. The van der Waals surface area contributed by atoms with Gasteiger partial charge in [-0.2, -0.15) is 56.8 Å². The summed E-state index contributed by atoms with van der Waals surface area (Å²) in [7, 11) is 3.31. The lowest BCUT2D eigenvalue weighted by Crippen LogP contribution is -2.38. The number of hydrogen-bond donors (Lipinski definition) is 12. The minimum atomic E-state index is -0.455. The molecule has 480 valence electrons. The molecule has 20 nitrogen and oxygen atoms in total. The molecule has 0 aliphatic heterocycles. The molecule has 0 radical (unpaired) electrons. The van der Waals surface area contributed by atoms with Crippen LogP contribution in [0.1, 0.15) is 101 Å². The summed E-state index contributed by atoms with van der Waals surface area (Å²) in [4.78, 5) is 41.3. The Morgan fingerprint density at radius 3 is 1.43 bits per heavy atom. The summed E-state index contributed by atoms with van der Waals surface area (Å²) in [6.07, 6.45) is 9.25. The number of hydrogen-bond acceptors (Lipinski definition) is 24. The molecule has 0 saturated carbocycles. The molecule has 24 heteroatoms. The minimum absolute atomic E-state index is 0.0473. The Kier molecular flexibility index (Phi) is 95.4. The number of allylic oxidation sites excluding steroid dienone is 2. The van der Waals surface area contributed by atoms with Crippen molar-refractivity contribution in [3.05, 3.63) is 72.3 Å². The molecule has 0 aromatic rings. The second-order valence-electron chi connectivity index (χ2n) is 17.7. The van der Waals surface area contributed by atoms with E-state index < -0.39 is 5.97 Å². The van der Waals surface area contributed by atoms with Crippen LogP contribution in [-0.4, -0.2) is 207 Å². The molecule has 0 fully saturated rings. The van der Waals surface area contributed by atoms with E-state index in [4.69, 9.17) is 73.0 Å². The second-order valence-corrected chi connectivity index (χ2v) is 22.6. The van der Waals surface area contributed by atoms with Crippen LogP contribution in [0.5, 0.6) is 0 Å². The van der Waals surface area contributed by atoms with E-state index in [9.17, 15) is 9.59 Å². The molecule has 0 rings (SSSR count). The molecule has 0 spiro atoms. The van der Waals surface area contributed by atoms with Crippen LogP contribution in [0.3, 0.4) is 0 Å². The van der Waals surface area contributed by atoms with Crippen molar-refractivity contribution in [2.24, 2.45) is 28.9 Å². The average Bonchev–Trinajstić information content (AvgIpc) is 3.43. The number of unbranched alkanes of at least 4 members (excludes halogenated alkanes) is 2. The van der Waals surface area contributed by atoms with Crippen LogP contribution in [0.25, 0.3) is 0 Å². The lowest BCUT2D eigenvalue weighted by Gasteiger charge is -2.20. The Balaban J connectivity index is -0.000000128. The predicted molar refractivity (Wildman–Crippen MR) is 345 cm³/mol. The van der Waals surface area contributed by atoms with Crippen LogP contribution < -0.4 is 33.6 Å². The van der Waals surface area contributed by atoms with Crippen molar-refractivity contribution in [3.63, 3.8) is 0 Å². The number of likely N-dealkylation sites (N-methyl/N-ethyl adjacent to an activating group) is 1. The molecule has 0 aromatic heterocycles. The van der Waals surface area contributed by atoms with Crippen molar-refractivity contribution in [1.82, 2.24) is 10.6 Å². The summed E-state index contributed by atoms with van der Waals surface area (Å²) >= 11 is 7.18. The van der Waals surface area contributed by atoms with Crippen LogP contribution in [-0.2, 0) is 38.6 Å². The molecule has 0 aliphatic carbocycles. The number of nitrogens with two attached hydrogens (primary N) is 4. The lowest BCUT2D eigenvalue weighted by atomic mass is 10.1. The highest BCUT2D eigenvalue weighted by atomic mass is 32.2. The Morgan fingerprint density at radius 1 is 0.613 bits per heavy atom. The number of aliphatic hydroxyl groups excluding tert-OH is 6. The predicted octanol–water partition coefficient (Wildman–Crippen LogP) is 5.90. The van der Waals surface area contributed by atoms with Gasteiger partial charge in [-0.1, -0.05) is 39.2 Å². The quantitative estimate of drug-likeness (QED) is 0.00646. The highest BCUT2D eigenvalue weighted by Crippen LogP contribution is 2.15. The summed E-state index contributed by atoms with van der Waals surface area (Å²) in [5.74, 6) is 8.98. The van der Waals surface area contributed by atoms with Crippen molar-refractivity contribution in [2.75, 3.05) is 159 Å². The highest BCUT2D eigenvalue weighted by molar-refractivity contribution is 7.99. The van der Waals surface area contributed by atoms with Crippen molar-refractivity contribution >= 4 is 59.0 Å². The number of ether oxygens (including phenoxy) is 2. The average molecular weight is 1230 g/mol. The number of thioether (sulfide) groups is 4. The number of esters is 2. The molecule has 0 heterocycles. The van der Waals surface area contributed by atoms with Gasteiger partial charge in [0.1, 0.15) is 19.8 Å². The van der Waals surface area contributed by atoms with Crippen LogP contribution in [0.15, 0.2) is 72.3 Å². The Labute approximate surface area is 502 Å². The summed E-state index contributed by atoms with van der Waals surface area (Å²) in [5.41, 5.74) is 24.0. The van der Waals surface area contributed by atoms with Gasteiger partial charge in [0, 0.05) is 72.5 Å². The first kappa shape index (κ1) is 94.2. The van der Waals surface area contributed by atoms with Gasteiger partial charge < -0.3 is 83.5 Å². The van der Waals surface area contributed by atoms with Gasteiger partial charge in [0.15, 0.2) is 11.5 Å². The maximum absolute atomic E-state index is 10.9. The van der Waals surface area contributed by atoms with E-state index in [2.05, 4.69) is 88.1 Å². The van der Waals surface area contributed by atoms with Gasteiger partial charge in [-0.15, -0.1) is 13.2 Å². The van der Waals surface area contributed by atoms with E-state index >= 15 is 0 Å². The standard InChI is InChI=1S/C13H28N2O2S.C10H19NO2.C9H18O4S.C6H16N2S.C6H10O3.C6H14O2S.C3H7N.C3H6O/c1-11(2)10-16-17-13(9-15-4)12(3)5-7-18-8-6-14;1-8(2)9(12)13-7-6-11-10(3,4)5;1-8(3-5-14-6-4-10)9(7-11)13-12-2;7-3-1-2-5-9-6-4-8;1-5(2)6(8)9-4-3-7;7-3-1-2-5-9-6-4-8;2*1-2-3-4/h11,15H,5-10,14H2,1-4H3;11H,1,6-7H2,2-5H3;10-11H,3-7H2,1-2H3;1-8H2;7H,1,3-4H2,2H3;7-8H,1-6H2;2H,1,3-4H2;2,4H,1,3H2/b13-12-;;9-8-;;;;;. The first-order chi connectivity index (χ1) is 38.0. The molecule has 0 aliphatic rings. The number of aliphatic hydroxyl groups is 6. The zero-order valence-electron chi connectivity index (χ0n) is 51.5. The van der Waals surface area contributed by atoms with Gasteiger partial charge >= 0.3 is 11.9 Å². The van der Waals surface area contributed by atoms with Crippen molar-refractivity contribution in [3.8, 4) is 0 Å². The molecular formula is C56H118N6O14S4. The number of carbonyl (C=O) groups excluding carboxylic acids is 2. The molecule has 0 aromatic carbocycles. The van der Waals surface area contributed by atoms with Gasteiger partial charge in [0.05, 0.1) is 46.7 Å². The summed E-state index contributed by atoms with van der Waals surface area (Å²) in [6.45, 7) is 36.9. The smallest absolute Gasteiger partial charge is 0.333 e. The van der Waals surface area contributed by atoms with Gasteiger partial charge in [0.2, 0.25) is 0 Å². The maximum Gasteiger partial charge on any atom is 0.333 e. The number of rotatable bonds is 40. The Bertz CT molecular complexity index is 1380. The van der Waals surface area contributed by atoms with Gasteiger partial charge in [-0.25, -0.2) is 9.59 Å². The van der Waals surface area contributed by atoms with Crippen LogP contribution in [0, 0.1) is 5.92 Å². The molecule has 0 saturated heterocycles. The third kappa shape index (κ3) is 98.0. The first-order valence-corrected chi connectivity index (χ1v) is 31.6. The van der Waals surface area contributed by atoms with Crippen LogP contribution in [0.4, 0.5) is 0 Å². The maximum atomic E-state index is 10.9. The summed E-state index contributed by atoms with van der Waals surface area (Å²) in [5, 5.41) is 56.4. The Hall–Kier alpha value is -2.18. The molecule has 0 unspecified atom stereocenters. The first-order valence-electron chi connectivity index (χ1n) is 26.9. The Morgan fingerprint density at radius 2 is 1.06 bits per heavy atom. The summed E-state index contributed by atoms with van der Waals surface area (Å²) < 4.78 is 9.36. The molecule has 16 N–H and O–H groups in total. The van der Waals surface area contributed by atoms with Gasteiger partial charge in [0.25, 0.3) is 0 Å². The van der Waals surface area contributed by atoms with Gasteiger partial charge in [-0.3, -0.25) is 0 Å². The number of carbonyl (C=O) groups is 2. The highest BCUT2D eigenvalue weighted by Gasteiger charge is 2.09. The largest absolute Gasteiger partial charge is 0.461 e. The van der Waals surface area contributed by atoms with E-state index in [1.165, 1.54) is 30.9 Å². The molecule has 80 heavy (non-hydrogen) atoms. The molecule has 0 atom stereocenters. The SMILES string of the molecule is C=C(C)C(=O)OCCNC(C)(C)C.C=C(C)C(=O)OCCO.C=CCN.C=CCO.CNC/C(OOCC(C)C)=C(\C)CCSCCN.COO/C(CO)=C(/C)CCSCCO.NCCCCSCCN.OCCCCSCCO. The van der Waals surface area contributed by atoms with Gasteiger partial charge in [-0.05, 0) is 141 Å². The fraction of sp³-hybridized carbons (Fsp3) is 0.750. The fourth-order valence-corrected chi connectivity index (χ4v) is 7.16. The second kappa shape index (κ2) is 81.0. The molecule has 0 bridgehead atoms. The fourth-order valence-electron chi connectivity index (χ4n) is 4.04. The van der Waals surface area contributed by atoms with Crippen molar-refractivity contribution in [1.29, 1.82) is 0 Å². The number of nitrogens with one attached hydrogen (secondary N) is 2.